The molecule has 0 saturated heterocycles. The molecule has 1 rings (SSSR count). The highest BCUT2D eigenvalue weighted by molar-refractivity contribution is 5.66. The van der Waals surface area contributed by atoms with Gasteiger partial charge in [-0.05, 0) is 18.6 Å². The number of carbonyl (C=O) groups excluding carboxylic acids is 1. The van der Waals surface area contributed by atoms with E-state index in [1.807, 2.05) is 17.8 Å². The predicted molar refractivity (Wildman–Crippen MR) is 62.1 cm³/mol. The molecule has 90 valence electrons. The molecule has 0 aromatic carbocycles. The number of alkyl carbamates (subject to hydrolysis) is 1. The number of hydrogen-bond acceptors (Lipinski definition) is 3. The van der Waals surface area contributed by atoms with Crippen LogP contribution in [-0.2, 0) is 18.3 Å². The number of carbonyl (C=O) groups is 1. The molecule has 1 amide bonds. The molecule has 0 unspecified atom stereocenters. The van der Waals surface area contributed by atoms with Crippen LogP contribution in [0.4, 0.5) is 4.79 Å². The second-order valence-corrected chi connectivity index (χ2v) is 3.51. The standard InChI is InChI=1S/C11H19N3O2/c1-3-16-11(15)13-6-5-12-8-10-4-7-14(2)9-10/h4,7,9,12H,3,5-6,8H2,1-2H3,(H,13,15). The van der Waals surface area contributed by atoms with E-state index in [2.05, 4.69) is 22.9 Å². The van der Waals surface area contributed by atoms with Crippen molar-refractivity contribution in [3.63, 3.8) is 0 Å². The van der Waals surface area contributed by atoms with E-state index in [1.54, 1.807) is 6.92 Å². The van der Waals surface area contributed by atoms with Crippen molar-refractivity contribution in [2.75, 3.05) is 19.7 Å². The minimum Gasteiger partial charge on any atom is -0.450 e. The minimum atomic E-state index is -0.357. The van der Waals surface area contributed by atoms with Crippen molar-refractivity contribution in [3.8, 4) is 0 Å². The van der Waals surface area contributed by atoms with Gasteiger partial charge in [-0.15, -0.1) is 0 Å². The van der Waals surface area contributed by atoms with Gasteiger partial charge >= 0.3 is 6.09 Å². The van der Waals surface area contributed by atoms with Crippen LogP contribution in [0.1, 0.15) is 12.5 Å². The number of hydrogen-bond donors (Lipinski definition) is 2. The molecule has 0 aliphatic heterocycles. The molecule has 0 atom stereocenters. The van der Waals surface area contributed by atoms with Crippen molar-refractivity contribution in [3.05, 3.63) is 24.0 Å². The van der Waals surface area contributed by atoms with E-state index in [1.165, 1.54) is 5.56 Å². The number of ether oxygens (including phenoxy) is 1. The first kappa shape index (κ1) is 12.6. The van der Waals surface area contributed by atoms with Crippen LogP contribution in [0.25, 0.3) is 0 Å². The van der Waals surface area contributed by atoms with Crippen LogP contribution in [-0.4, -0.2) is 30.4 Å². The molecule has 2 N–H and O–H groups in total. The van der Waals surface area contributed by atoms with Crippen LogP contribution in [0.15, 0.2) is 18.5 Å². The van der Waals surface area contributed by atoms with E-state index in [-0.39, 0.29) is 6.09 Å². The minimum absolute atomic E-state index is 0.357. The smallest absolute Gasteiger partial charge is 0.407 e. The molecule has 0 spiro atoms. The Labute approximate surface area is 95.8 Å². The molecule has 1 aromatic heterocycles. The van der Waals surface area contributed by atoms with E-state index in [4.69, 9.17) is 4.74 Å². The number of aryl methyl sites for hydroxylation is 1. The van der Waals surface area contributed by atoms with Gasteiger partial charge in [-0.1, -0.05) is 0 Å². The number of rotatable bonds is 6. The summed E-state index contributed by atoms with van der Waals surface area (Å²) < 4.78 is 6.74. The summed E-state index contributed by atoms with van der Waals surface area (Å²) in [5.74, 6) is 0. The molecule has 5 nitrogen and oxygen atoms in total. The van der Waals surface area contributed by atoms with E-state index in [9.17, 15) is 4.79 Å². The fraction of sp³-hybridized carbons (Fsp3) is 0.545. The topological polar surface area (TPSA) is 55.3 Å². The Morgan fingerprint density at radius 2 is 2.31 bits per heavy atom. The zero-order valence-corrected chi connectivity index (χ0v) is 9.82. The monoisotopic (exact) mass is 225 g/mol. The van der Waals surface area contributed by atoms with Crippen LogP contribution in [0.5, 0.6) is 0 Å². The molecule has 0 saturated carbocycles. The van der Waals surface area contributed by atoms with E-state index >= 15 is 0 Å². The van der Waals surface area contributed by atoms with E-state index in [0.29, 0.717) is 13.2 Å². The first-order valence-electron chi connectivity index (χ1n) is 5.44. The zero-order chi connectivity index (χ0) is 11.8. The van der Waals surface area contributed by atoms with Gasteiger partial charge in [-0.25, -0.2) is 4.79 Å². The predicted octanol–water partition coefficient (Wildman–Crippen LogP) is 0.861. The maximum Gasteiger partial charge on any atom is 0.407 e. The number of aromatic nitrogens is 1. The number of nitrogens with zero attached hydrogens (tertiary/aromatic N) is 1. The quantitative estimate of drug-likeness (QED) is 0.706. The second-order valence-electron chi connectivity index (χ2n) is 3.51. The first-order valence-corrected chi connectivity index (χ1v) is 5.44. The second kappa shape index (κ2) is 6.90. The van der Waals surface area contributed by atoms with E-state index in [0.717, 1.165) is 13.1 Å². The Morgan fingerprint density at radius 3 is 2.94 bits per heavy atom. The lowest BCUT2D eigenvalue weighted by Gasteiger charge is -2.05. The summed E-state index contributed by atoms with van der Waals surface area (Å²) in [6.45, 7) is 4.31. The summed E-state index contributed by atoms with van der Waals surface area (Å²) in [4.78, 5) is 10.9. The van der Waals surface area contributed by atoms with Gasteiger partial charge in [0.1, 0.15) is 0 Å². The van der Waals surface area contributed by atoms with Gasteiger partial charge in [0, 0.05) is 39.1 Å². The van der Waals surface area contributed by atoms with Crippen LogP contribution in [0, 0.1) is 0 Å². The zero-order valence-electron chi connectivity index (χ0n) is 9.82. The van der Waals surface area contributed by atoms with Crippen LogP contribution in [0.3, 0.4) is 0 Å². The van der Waals surface area contributed by atoms with Crippen LogP contribution >= 0.6 is 0 Å². The molecule has 0 aliphatic carbocycles. The van der Waals surface area contributed by atoms with E-state index < -0.39 is 0 Å². The van der Waals surface area contributed by atoms with Gasteiger partial charge in [0.15, 0.2) is 0 Å². The van der Waals surface area contributed by atoms with Crippen LogP contribution < -0.4 is 10.6 Å². The number of nitrogens with one attached hydrogen (secondary N) is 2. The molecular weight excluding hydrogens is 206 g/mol. The molecule has 0 radical (unpaired) electrons. The fourth-order valence-corrected chi connectivity index (χ4v) is 1.33. The third-order valence-electron chi connectivity index (χ3n) is 2.07. The Hall–Kier alpha value is -1.49. The third kappa shape index (κ3) is 4.84. The van der Waals surface area contributed by atoms with Crippen molar-refractivity contribution >= 4 is 6.09 Å². The van der Waals surface area contributed by atoms with Crippen molar-refractivity contribution in [2.24, 2.45) is 7.05 Å². The molecule has 1 aromatic rings. The highest BCUT2D eigenvalue weighted by Gasteiger charge is 1.98. The van der Waals surface area contributed by atoms with Crippen LogP contribution in [0.2, 0.25) is 0 Å². The summed E-state index contributed by atoms with van der Waals surface area (Å²) in [5.41, 5.74) is 1.23. The molecule has 1 heterocycles. The average Bonchev–Trinajstić information content (AvgIpc) is 2.64. The van der Waals surface area contributed by atoms with Gasteiger partial charge in [0.25, 0.3) is 0 Å². The fourth-order valence-electron chi connectivity index (χ4n) is 1.33. The molecule has 5 heteroatoms. The van der Waals surface area contributed by atoms with Crippen molar-refractivity contribution in [1.82, 2.24) is 15.2 Å². The van der Waals surface area contributed by atoms with Crippen molar-refractivity contribution in [2.45, 2.75) is 13.5 Å². The Kier molecular flexibility index (Phi) is 5.42. The molecule has 0 aliphatic rings. The summed E-state index contributed by atoms with van der Waals surface area (Å²) in [5, 5.41) is 5.88. The van der Waals surface area contributed by atoms with Gasteiger partial charge in [-0.2, -0.15) is 0 Å². The first-order chi connectivity index (χ1) is 7.72. The average molecular weight is 225 g/mol. The summed E-state index contributed by atoms with van der Waals surface area (Å²) in [7, 11) is 1.99. The maximum atomic E-state index is 10.9. The summed E-state index contributed by atoms with van der Waals surface area (Å²) in [6, 6.07) is 2.06. The maximum absolute atomic E-state index is 10.9. The van der Waals surface area contributed by atoms with Crippen molar-refractivity contribution in [1.29, 1.82) is 0 Å². The lowest BCUT2D eigenvalue weighted by atomic mass is 10.3. The Balaban J connectivity index is 2.02. The van der Waals surface area contributed by atoms with Crippen molar-refractivity contribution < 1.29 is 9.53 Å². The summed E-state index contributed by atoms with van der Waals surface area (Å²) >= 11 is 0. The lowest BCUT2D eigenvalue weighted by Crippen LogP contribution is -2.31. The SMILES string of the molecule is CCOC(=O)NCCNCc1ccn(C)c1. The molecular formula is C11H19N3O2. The summed E-state index contributed by atoms with van der Waals surface area (Å²) in [6.07, 6.45) is 3.71. The third-order valence-corrected chi connectivity index (χ3v) is 2.07. The highest BCUT2D eigenvalue weighted by Crippen LogP contribution is 1.97. The Bertz CT molecular complexity index is 323. The largest absolute Gasteiger partial charge is 0.450 e. The lowest BCUT2D eigenvalue weighted by molar-refractivity contribution is 0.152. The molecule has 0 bridgehead atoms. The molecule has 16 heavy (non-hydrogen) atoms. The molecule has 0 fully saturated rings. The van der Waals surface area contributed by atoms with Gasteiger partial charge < -0.3 is 19.9 Å². The normalized spacial score (nSPS) is 10.1. The van der Waals surface area contributed by atoms with Gasteiger partial charge in [-0.3, -0.25) is 0 Å². The van der Waals surface area contributed by atoms with Gasteiger partial charge in [0.2, 0.25) is 0 Å². The number of amides is 1. The highest BCUT2D eigenvalue weighted by atomic mass is 16.5. The van der Waals surface area contributed by atoms with Gasteiger partial charge in [0.05, 0.1) is 6.61 Å². The Morgan fingerprint density at radius 1 is 1.50 bits per heavy atom.